The second-order valence-corrected chi connectivity index (χ2v) is 7.01. The van der Waals surface area contributed by atoms with Crippen LogP contribution in [0.15, 0.2) is 40.6 Å². The summed E-state index contributed by atoms with van der Waals surface area (Å²) in [6.45, 7) is 0. The third-order valence-corrected chi connectivity index (χ3v) is 5.01. The number of anilines is 1. The molecule has 130 valence electrons. The van der Waals surface area contributed by atoms with Gasteiger partial charge in [0.1, 0.15) is 4.88 Å². The smallest absolute Gasteiger partial charge is 0.416 e. The van der Waals surface area contributed by atoms with Gasteiger partial charge in [-0.15, -0.1) is 16.2 Å². The predicted octanol–water partition coefficient (Wildman–Crippen LogP) is 2.86. The molecule has 1 aromatic carbocycles. The van der Waals surface area contributed by atoms with Crippen LogP contribution in [0.4, 0.5) is 18.9 Å². The Bertz CT molecular complexity index is 830. The average molecular weight is 380 g/mol. The van der Waals surface area contributed by atoms with Gasteiger partial charge in [-0.05, 0) is 35.7 Å². The summed E-state index contributed by atoms with van der Waals surface area (Å²) in [5, 5.41) is 1.54. The number of esters is 1. The van der Waals surface area contributed by atoms with Crippen LogP contribution in [0.2, 0.25) is 0 Å². The Morgan fingerprint density at radius 1 is 1.17 bits per heavy atom. The van der Waals surface area contributed by atoms with Gasteiger partial charge in [0.05, 0.1) is 23.3 Å². The Labute approximate surface area is 139 Å². The Kier molecular flexibility index (Phi) is 5.16. The molecule has 6 nitrogen and oxygen atoms in total. The average Bonchev–Trinajstić information content (AvgIpc) is 3.00. The Morgan fingerprint density at radius 2 is 1.79 bits per heavy atom. The molecule has 0 radical (unpaired) electrons. The van der Waals surface area contributed by atoms with E-state index in [2.05, 4.69) is 10.2 Å². The minimum atomic E-state index is -4.56. The molecule has 0 aliphatic carbocycles. The fourth-order valence-electron chi connectivity index (χ4n) is 1.66. The van der Waals surface area contributed by atoms with E-state index in [0.29, 0.717) is 12.1 Å². The summed E-state index contributed by atoms with van der Waals surface area (Å²) >= 11 is 1.04. The van der Waals surface area contributed by atoms with Crippen LogP contribution in [-0.4, -0.2) is 21.5 Å². The highest BCUT2D eigenvalue weighted by Gasteiger charge is 2.30. The minimum absolute atomic E-state index is 0.146. The van der Waals surface area contributed by atoms with Crippen molar-refractivity contribution in [2.24, 2.45) is 0 Å². The summed E-state index contributed by atoms with van der Waals surface area (Å²) in [4.78, 5) is 13.3. The highest BCUT2D eigenvalue weighted by Crippen LogP contribution is 2.29. The number of halogens is 3. The van der Waals surface area contributed by atoms with Crippen LogP contribution in [-0.2, 0) is 20.9 Å². The molecule has 0 saturated heterocycles. The van der Waals surface area contributed by atoms with Crippen molar-refractivity contribution >= 4 is 33.0 Å². The van der Waals surface area contributed by atoms with E-state index in [1.807, 2.05) is 4.83 Å². The highest BCUT2D eigenvalue weighted by atomic mass is 32.2. The second kappa shape index (κ2) is 6.79. The number of hydrogen-bond donors (Lipinski definition) is 2. The summed E-state index contributed by atoms with van der Waals surface area (Å²) < 4.78 is 66.1. The van der Waals surface area contributed by atoms with Crippen molar-refractivity contribution in [2.75, 3.05) is 12.5 Å². The molecule has 1 aromatic heterocycles. The maximum absolute atomic E-state index is 12.5. The van der Waals surface area contributed by atoms with Gasteiger partial charge in [-0.1, -0.05) is 0 Å². The van der Waals surface area contributed by atoms with E-state index >= 15 is 0 Å². The van der Waals surface area contributed by atoms with Crippen molar-refractivity contribution in [3.63, 3.8) is 0 Å². The molecule has 0 aliphatic rings. The number of nitrogens with one attached hydrogen (secondary N) is 2. The number of hydrazine groups is 1. The van der Waals surface area contributed by atoms with Crippen LogP contribution >= 0.6 is 11.3 Å². The lowest BCUT2D eigenvalue weighted by molar-refractivity contribution is -0.137. The quantitative estimate of drug-likeness (QED) is 0.616. The van der Waals surface area contributed by atoms with E-state index in [-0.39, 0.29) is 15.5 Å². The lowest BCUT2D eigenvalue weighted by Crippen LogP contribution is -2.30. The Balaban J connectivity index is 2.15. The first kappa shape index (κ1) is 18.2. The third-order valence-electron chi connectivity index (χ3n) is 2.85. The van der Waals surface area contributed by atoms with Gasteiger partial charge in [0.15, 0.2) is 0 Å². The number of rotatable bonds is 5. The molecule has 0 saturated carbocycles. The van der Waals surface area contributed by atoms with Crippen LogP contribution in [0, 0.1) is 0 Å². The van der Waals surface area contributed by atoms with Crippen LogP contribution in [0.5, 0.6) is 0 Å². The van der Waals surface area contributed by atoms with Crippen molar-refractivity contribution in [3.05, 3.63) is 46.2 Å². The first-order valence-corrected chi connectivity index (χ1v) is 8.62. The zero-order chi connectivity index (χ0) is 18.0. The number of sulfonamides is 1. The van der Waals surface area contributed by atoms with E-state index < -0.39 is 27.7 Å². The van der Waals surface area contributed by atoms with Crippen LogP contribution in [0.25, 0.3) is 0 Å². The fraction of sp³-hybridized carbons (Fsp3) is 0.154. The molecule has 0 amide bonds. The van der Waals surface area contributed by atoms with Crippen molar-refractivity contribution in [1.82, 2.24) is 4.83 Å². The number of ether oxygens (including phenoxy) is 1. The number of alkyl halides is 3. The molecule has 0 unspecified atom stereocenters. The Morgan fingerprint density at radius 3 is 2.33 bits per heavy atom. The van der Waals surface area contributed by atoms with Crippen LogP contribution < -0.4 is 10.3 Å². The summed E-state index contributed by atoms with van der Waals surface area (Å²) in [6, 6.07) is 4.45. The number of thiophene rings is 1. The zero-order valence-electron chi connectivity index (χ0n) is 12.0. The topological polar surface area (TPSA) is 84.5 Å². The van der Waals surface area contributed by atoms with Crippen molar-refractivity contribution in [1.29, 1.82) is 0 Å². The van der Waals surface area contributed by atoms with Crippen molar-refractivity contribution in [3.8, 4) is 0 Å². The second-order valence-electron chi connectivity index (χ2n) is 4.41. The molecule has 0 spiro atoms. The SMILES string of the molecule is COC(=O)c1sccc1NNS(=O)(=O)c1ccc(C(F)(F)F)cc1. The summed E-state index contributed by atoms with van der Waals surface area (Å²) in [7, 11) is -2.94. The third kappa shape index (κ3) is 4.04. The van der Waals surface area contributed by atoms with Gasteiger partial charge in [-0.25, -0.2) is 13.2 Å². The maximum Gasteiger partial charge on any atom is 0.416 e. The highest BCUT2D eigenvalue weighted by molar-refractivity contribution is 7.89. The molecule has 2 rings (SSSR count). The molecular weight excluding hydrogens is 369 g/mol. The number of carbonyl (C=O) groups excluding carboxylic acids is 1. The number of carbonyl (C=O) groups is 1. The van der Waals surface area contributed by atoms with Crippen LogP contribution in [0.1, 0.15) is 15.2 Å². The molecule has 2 aromatic rings. The first-order valence-electron chi connectivity index (χ1n) is 6.26. The van der Waals surface area contributed by atoms with Gasteiger partial charge in [-0.2, -0.15) is 13.2 Å². The van der Waals surface area contributed by atoms with E-state index in [1.54, 1.807) is 5.38 Å². The Hall–Kier alpha value is -2.11. The number of benzene rings is 1. The van der Waals surface area contributed by atoms with Gasteiger partial charge in [0, 0.05) is 0 Å². The molecule has 0 aliphatic heterocycles. The van der Waals surface area contributed by atoms with Gasteiger partial charge in [-0.3, -0.25) is 0 Å². The molecule has 24 heavy (non-hydrogen) atoms. The van der Waals surface area contributed by atoms with Crippen molar-refractivity contribution in [2.45, 2.75) is 11.1 Å². The fourth-order valence-corrected chi connectivity index (χ4v) is 3.28. The van der Waals surface area contributed by atoms with Gasteiger partial charge >= 0.3 is 12.1 Å². The molecule has 0 bridgehead atoms. The molecule has 1 heterocycles. The maximum atomic E-state index is 12.5. The summed E-state index contributed by atoms with van der Waals surface area (Å²) in [6.07, 6.45) is -4.56. The molecule has 2 N–H and O–H groups in total. The molecular formula is C13H11F3N2O4S2. The minimum Gasteiger partial charge on any atom is -0.465 e. The largest absolute Gasteiger partial charge is 0.465 e. The van der Waals surface area contributed by atoms with E-state index in [0.717, 1.165) is 23.5 Å². The van der Waals surface area contributed by atoms with E-state index in [1.165, 1.54) is 13.2 Å². The van der Waals surface area contributed by atoms with E-state index in [9.17, 15) is 26.4 Å². The zero-order valence-corrected chi connectivity index (χ0v) is 13.7. The molecule has 11 heteroatoms. The summed E-state index contributed by atoms with van der Waals surface area (Å²) in [5.41, 5.74) is 1.55. The van der Waals surface area contributed by atoms with Gasteiger partial charge in [0.2, 0.25) is 0 Å². The van der Waals surface area contributed by atoms with Gasteiger partial charge in [0.25, 0.3) is 10.0 Å². The normalized spacial score (nSPS) is 12.0. The molecule has 0 fully saturated rings. The van der Waals surface area contributed by atoms with Crippen molar-refractivity contribution < 1.29 is 31.1 Å². The van der Waals surface area contributed by atoms with Gasteiger partial charge < -0.3 is 10.2 Å². The molecule has 0 atom stereocenters. The monoisotopic (exact) mass is 380 g/mol. The number of methoxy groups -OCH3 is 1. The lowest BCUT2D eigenvalue weighted by Gasteiger charge is -2.11. The first-order chi connectivity index (χ1) is 11.1. The standard InChI is InChI=1S/C13H11F3N2O4S2/c1-22-12(19)11-10(6-7-23-11)17-18-24(20,21)9-4-2-8(3-5-9)13(14,15)16/h2-7,17-18H,1H3. The van der Waals surface area contributed by atoms with E-state index in [4.69, 9.17) is 0 Å². The number of hydrogen-bond acceptors (Lipinski definition) is 6. The summed E-state index contributed by atoms with van der Waals surface area (Å²) in [5.74, 6) is -0.652. The van der Waals surface area contributed by atoms with Crippen LogP contribution in [0.3, 0.4) is 0 Å². The predicted molar refractivity (Wildman–Crippen MR) is 81.0 cm³/mol. The lowest BCUT2D eigenvalue weighted by atomic mass is 10.2.